The van der Waals surface area contributed by atoms with Crippen molar-refractivity contribution in [2.24, 2.45) is 0 Å². The first-order valence-corrected chi connectivity index (χ1v) is 17.1. The number of para-hydroxylation sites is 2. The summed E-state index contributed by atoms with van der Waals surface area (Å²) in [5.74, 6) is 0.191. The number of aromatic nitrogens is 2. The van der Waals surface area contributed by atoms with Gasteiger partial charge in [-0.1, -0.05) is 121 Å². The highest BCUT2D eigenvalue weighted by Gasteiger charge is 2.30. The van der Waals surface area contributed by atoms with Crippen LogP contribution in [-0.2, 0) is 0 Å². The molecule has 2 heteroatoms. The highest BCUT2D eigenvalue weighted by atomic mass is 15.0. The summed E-state index contributed by atoms with van der Waals surface area (Å²) in [5, 5.41) is 7.57. The third-order valence-electron chi connectivity index (χ3n) is 10.8. The van der Waals surface area contributed by atoms with E-state index in [1.54, 1.807) is 0 Å². The monoisotopic (exact) mass is 622 g/mol. The first-order chi connectivity index (χ1) is 24.3. The van der Waals surface area contributed by atoms with Gasteiger partial charge in [0.05, 0.1) is 22.1 Å². The molecule has 0 aliphatic heterocycles. The van der Waals surface area contributed by atoms with Gasteiger partial charge in [0.2, 0.25) is 0 Å². The van der Waals surface area contributed by atoms with Crippen molar-refractivity contribution in [2.75, 3.05) is 0 Å². The minimum atomic E-state index is 0.191. The van der Waals surface area contributed by atoms with Gasteiger partial charge in [-0.2, -0.15) is 0 Å². The normalized spacial score (nSPS) is 12.8. The van der Waals surface area contributed by atoms with Crippen LogP contribution >= 0.6 is 0 Å². The van der Waals surface area contributed by atoms with Crippen LogP contribution in [-0.4, -0.2) is 9.13 Å². The van der Waals surface area contributed by atoms with Crippen LogP contribution in [0.3, 0.4) is 0 Å². The van der Waals surface area contributed by atoms with Crippen LogP contribution in [0, 0.1) is 0 Å². The summed E-state index contributed by atoms with van der Waals surface area (Å²) >= 11 is 0. The van der Waals surface area contributed by atoms with Crippen molar-refractivity contribution in [3.63, 3.8) is 0 Å². The Bertz CT molecular complexity index is 2860. The van der Waals surface area contributed by atoms with Gasteiger partial charge in [-0.25, -0.2) is 0 Å². The number of hydrogen-bond acceptors (Lipinski definition) is 0. The molecular formula is C47H30N2. The lowest BCUT2D eigenvalue weighted by Crippen LogP contribution is -1.99. The van der Waals surface area contributed by atoms with Crippen LogP contribution in [0.1, 0.15) is 22.6 Å². The lowest BCUT2D eigenvalue weighted by Gasteiger charge is -2.15. The summed E-state index contributed by atoms with van der Waals surface area (Å²) in [4.78, 5) is 0. The molecule has 0 N–H and O–H groups in total. The summed E-state index contributed by atoms with van der Waals surface area (Å²) in [7, 11) is 0. The minimum Gasteiger partial charge on any atom is -0.309 e. The molecule has 0 saturated carbocycles. The molecule has 1 aliphatic carbocycles. The Balaban J connectivity index is 1.21. The smallest absolute Gasteiger partial charge is 0.0542 e. The van der Waals surface area contributed by atoms with E-state index in [1.165, 1.54) is 93.6 Å². The molecule has 0 unspecified atom stereocenters. The fraction of sp³-hybridized carbons (Fsp3) is 0.0213. The van der Waals surface area contributed by atoms with Crippen molar-refractivity contribution in [3.05, 3.63) is 193 Å². The molecule has 0 radical (unpaired) electrons. The largest absolute Gasteiger partial charge is 0.309 e. The maximum Gasteiger partial charge on any atom is 0.0542 e. The van der Waals surface area contributed by atoms with Crippen molar-refractivity contribution in [2.45, 2.75) is 5.92 Å². The average molecular weight is 623 g/mol. The Morgan fingerprint density at radius 1 is 0.327 bits per heavy atom. The van der Waals surface area contributed by atoms with Gasteiger partial charge in [-0.15, -0.1) is 0 Å². The van der Waals surface area contributed by atoms with Crippen LogP contribution in [0.15, 0.2) is 176 Å². The quantitative estimate of drug-likeness (QED) is 0.186. The van der Waals surface area contributed by atoms with Crippen LogP contribution in [0.5, 0.6) is 0 Å². The van der Waals surface area contributed by atoms with Gasteiger partial charge in [0, 0.05) is 38.8 Å². The number of rotatable bonds is 3. The number of nitrogens with zero attached hydrogens (tertiary/aromatic N) is 2. The third-order valence-corrected chi connectivity index (χ3v) is 10.8. The lowest BCUT2D eigenvalue weighted by atomic mass is 9.88. The fourth-order valence-corrected chi connectivity index (χ4v) is 8.66. The van der Waals surface area contributed by atoms with Crippen molar-refractivity contribution in [1.29, 1.82) is 0 Å². The molecule has 0 atom stereocenters. The molecule has 228 valence electrons. The summed E-state index contributed by atoms with van der Waals surface area (Å²) in [6.45, 7) is 0. The van der Waals surface area contributed by atoms with E-state index < -0.39 is 0 Å². The molecule has 2 nitrogen and oxygen atoms in total. The standard InChI is InChI=1S/C47H30N2/c1-2-12-31-27-33(23-21-30(31)11-1)48-45-25-22-32(47-39-17-5-3-13-35(39)36-14-4-6-18-40(36)47)28-41(45)42-29-34(24-26-46(42)48)49-43-19-9-7-15-37(43)38-16-8-10-20-44(38)49/h1-29,47H. The Morgan fingerprint density at radius 2 is 0.816 bits per heavy atom. The van der Waals surface area contributed by atoms with Crippen LogP contribution in [0.2, 0.25) is 0 Å². The molecule has 0 saturated heterocycles. The maximum absolute atomic E-state index is 2.47. The Labute approximate surface area is 283 Å². The van der Waals surface area contributed by atoms with Gasteiger partial charge < -0.3 is 9.13 Å². The van der Waals surface area contributed by atoms with Crippen LogP contribution in [0.25, 0.3) is 76.9 Å². The van der Waals surface area contributed by atoms with Crippen molar-refractivity contribution < 1.29 is 0 Å². The summed E-state index contributed by atoms with van der Waals surface area (Å²) in [5.41, 5.74) is 14.0. The first kappa shape index (κ1) is 26.7. The highest BCUT2D eigenvalue weighted by molar-refractivity contribution is 6.12. The predicted molar refractivity (Wildman–Crippen MR) is 205 cm³/mol. The van der Waals surface area contributed by atoms with Crippen molar-refractivity contribution in [1.82, 2.24) is 9.13 Å². The highest BCUT2D eigenvalue weighted by Crippen LogP contribution is 2.49. The van der Waals surface area contributed by atoms with E-state index in [4.69, 9.17) is 0 Å². The molecule has 0 spiro atoms. The third kappa shape index (κ3) is 3.77. The molecule has 8 aromatic carbocycles. The second kappa shape index (κ2) is 10.1. The Kier molecular flexibility index (Phi) is 5.47. The van der Waals surface area contributed by atoms with E-state index in [-0.39, 0.29) is 5.92 Å². The number of hydrogen-bond donors (Lipinski definition) is 0. The second-order valence-electron chi connectivity index (χ2n) is 13.3. The van der Waals surface area contributed by atoms with Gasteiger partial charge in [0.15, 0.2) is 0 Å². The zero-order valence-electron chi connectivity index (χ0n) is 26.7. The van der Waals surface area contributed by atoms with Gasteiger partial charge in [-0.05, 0) is 93.2 Å². The molecule has 0 amide bonds. The predicted octanol–water partition coefficient (Wildman–Crippen LogP) is 12.2. The van der Waals surface area contributed by atoms with E-state index in [2.05, 4.69) is 185 Å². The number of benzene rings is 8. The molecule has 11 rings (SSSR count). The fourth-order valence-electron chi connectivity index (χ4n) is 8.66. The molecule has 2 heterocycles. The molecule has 0 bridgehead atoms. The summed E-state index contributed by atoms with van der Waals surface area (Å²) in [6, 6.07) is 65.0. The lowest BCUT2D eigenvalue weighted by molar-refractivity contribution is 1.02. The summed E-state index contributed by atoms with van der Waals surface area (Å²) in [6.07, 6.45) is 0. The van der Waals surface area contributed by atoms with E-state index >= 15 is 0 Å². The summed E-state index contributed by atoms with van der Waals surface area (Å²) < 4.78 is 4.88. The molecule has 1 aliphatic rings. The van der Waals surface area contributed by atoms with E-state index in [0.29, 0.717) is 0 Å². The molecule has 10 aromatic rings. The van der Waals surface area contributed by atoms with Crippen LogP contribution < -0.4 is 0 Å². The number of fused-ring (bicyclic) bond motifs is 10. The van der Waals surface area contributed by atoms with Crippen molar-refractivity contribution in [3.8, 4) is 22.5 Å². The zero-order chi connectivity index (χ0) is 32.1. The van der Waals surface area contributed by atoms with E-state index in [9.17, 15) is 0 Å². The second-order valence-corrected chi connectivity index (χ2v) is 13.3. The van der Waals surface area contributed by atoms with Gasteiger partial charge in [0.1, 0.15) is 0 Å². The SMILES string of the molecule is c1ccc2c(c1)-c1ccccc1C2c1ccc2c(c1)c1cc(-n3c4ccccc4c4ccccc43)ccc1n2-c1ccc2ccccc2c1. The van der Waals surface area contributed by atoms with E-state index in [1.807, 2.05) is 0 Å². The molecule has 49 heavy (non-hydrogen) atoms. The zero-order valence-corrected chi connectivity index (χ0v) is 26.7. The molecule has 0 fully saturated rings. The van der Waals surface area contributed by atoms with Gasteiger partial charge >= 0.3 is 0 Å². The van der Waals surface area contributed by atoms with Crippen LogP contribution in [0.4, 0.5) is 0 Å². The van der Waals surface area contributed by atoms with E-state index in [0.717, 1.165) is 0 Å². The Hall–Kier alpha value is -6.38. The molecular weight excluding hydrogens is 593 g/mol. The van der Waals surface area contributed by atoms with Crippen molar-refractivity contribution >= 4 is 54.4 Å². The Morgan fingerprint density at radius 3 is 1.51 bits per heavy atom. The molecule has 2 aromatic heterocycles. The van der Waals surface area contributed by atoms with Gasteiger partial charge in [0.25, 0.3) is 0 Å². The topological polar surface area (TPSA) is 9.86 Å². The first-order valence-electron chi connectivity index (χ1n) is 17.1. The minimum absolute atomic E-state index is 0.191. The van der Waals surface area contributed by atoms with Gasteiger partial charge in [-0.3, -0.25) is 0 Å². The maximum atomic E-state index is 2.47. The average Bonchev–Trinajstić information content (AvgIpc) is 3.80.